The van der Waals surface area contributed by atoms with Gasteiger partial charge in [-0.25, -0.2) is 14.3 Å². The smallest absolute Gasteiger partial charge is 0.265 e. The number of amides is 1. The Balaban J connectivity index is 1.86. The topological polar surface area (TPSA) is 119 Å². The number of benzene rings is 2. The van der Waals surface area contributed by atoms with Crippen molar-refractivity contribution in [2.75, 3.05) is 13.7 Å². The van der Waals surface area contributed by atoms with Crippen LogP contribution in [0.15, 0.2) is 47.4 Å². The molecule has 8 nitrogen and oxygen atoms in total. The highest BCUT2D eigenvalue weighted by Crippen LogP contribution is 2.29. The van der Waals surface area contributed by atoms with Crippen molar-refractivity contribution in [3.8, 4) is 5.75 Å². The molecule has 0 radical (unpaired) electrons. The largest absolute Gasteiger partial charge is 0.497 e. The first-order chi connectivity index (χ1) is 14.8. The van der Waals surface area contributed by atoms with E-state index in [-0.39, 0.29) is 22.7 Å². The molecule has 1 fully saturated rings. The summed E-state index contributed by atoms with van der Waals surface area (Å²) in [5.41, 5.74) is 3.37. The van der Waals surface area contributed by atoms with Crippen LogP contribution in [0.3, 0.4) is 0 Å². The molecule has 0 saturated carbocycles. The van der Waals surface area contributed by atoms with Crippen LogP contribution in [-0.4, -0.2) is 44.1 Å². The maximum absolute atomic E-state index is 13.4. The molecular formula is C22H27N3O5S. The van der Waals surface area contributed by atoms with Gasteiger partial charge in [-0.3, -0.25) is 15.0 Å². The van der Waals surface area contributed by atoms with E-state index in [0.717, 1.165) is 6.42 Å². The number of methoxy groups -OCH3 is 1. The number of carbonyl (C=O) groups is 2. The minimum Gasteiger partial charge on any atom is -0.497 e. The average molecular weight is 446 g/mol. The molecule has 3 N–H and O–H groups in total. The highest BCUT2D eigenvalue weighted by Gasteiger charge is 2.35. The highest BCUT2D eigenvalue weighted by atomic mass is 32.2. The molecular weight excluding hydrogens is 418 g/mol. The number of rotatable bonds is 7. The van der Waals surface area contributed by atoms with Crippen LogP contribution in [0.4, 0.5) is 0 Å². The summed E-state index contributed by atoms with van der Waals surface area (Å²) in [6, 6.07) is 10.7. The number of ether oxygens (including phenoxy) is 1. The third kappa shape index (κ3) is 4.95. The van der Waals surface area contributed by atoms with Crippen molar-refractivity contribution in [2.24, 2.45) is 5.84 Å². The Morgan fingerprint density at radius 3 is 2.52 bits per heavy atom. The first-order valence-corrected chi connectivity index (χ1v) is 11.5. The Hall–Kier alpha value is -2.75. The van der Waals surface area contributed by atoms with Crippen molar-refractivity contribution < 1.29 is 22.7 Å². The molecule has 1 aliphatic rings. The zero-order valence-electron chi connectivity index (χ0n) is 17.6. The highest BCUT2D eigenvalue weighted by molar-refractivity contribution is 7.89. The second kappa shape index (κ2) is 9.59. The van der Waals surface area contributed by atoms with E-state index in [4.69, 9.17) is 10.6 Å². The van der Waals surface area contributed by atoms with Crippen LogP contribution < -0.4 is 16.0 Å². The van der Waals surface area contributed by atoms with Crippen LogP contribution >= 0.6 is 0 Å². The summed E-state index contributed by atoms with van der Waals surface area (Å²) in [6.07, 6.45) is 2.26. The number of Topliss-reactive ketones (excluding diaryl/α,β-unsaturated/α-hetero) is 1. The molecule has 0 spiro atoms. The Morgan fingerprint density at radius 2 is 1.87 bits per heavy atom. The quantitative estimate of drug-likeness (QED) is 0.292. The van der Waals surface area contributed by atoms with E-state index >= 15 is 0 Å². The lowest BCUT2D eigenvalue weighted by atomic mass is 9.97. The van der Waals surface area contributed by atoms with Gasteiger partial charge >= 0.3 is 0 Å². The summed E-state index contributed by atoms with van der Waals surface area (Å²) in [5, 5.41) is 0. The predicted octanol–water partition coefficient (Wildman–Crippen LogP) is 2.42. The monoisotopic (exact) mass is 445 g/mol. The molecule has 2 aromatic rings. The van der Waals surface area contributed by atoms with Crippen molar-refractivity contribution in [3.05, 3.63) is 59.2 Å². The third-order valence-electron chi connectivity index (χ3n) is 5.60. The average Bonchev–Trinajstić information content (AvgIpc) is 2.79. The Morgan fingerprint density at radius 1 is 1.16 bits per heavy atom. The van der Waals surface area contributed by atoms with Crippen molar-refractivity contribution in [3.63, 3.8) is 0 Å². The van der Waals surface area contributed by atoms with Gasteiger partial charge in [0, 0.05) is 30.1 Å². The normalized spacial score (nSPS) is 17.2. The molecule has 3 rings (SSSR count). The number of nitrogen functional groups attached to an aromatic ring is 1. The van der Waals surface area contributed by atoms with Crippen LogP contribution in [0.2, 0.25) is 0 Å². The van der Waals surface area contributed by atoms with Crippen LogP contribution in [0, 0.1) is 6.92 Å². The zero-order valence-corrected chi connectivity index (χ0v) is 18.4. The van der Waals surface area contributed by atoms with Gasteiger partial charge in [-0.15, -0.1) is 0 Å². The predicted molar refractivity (Wildman–Crippen MR) is 116 cm³/mol. The van der Waals surface area contributed by atoms with E-state index in [2.05, 4.69) is 0 Å². The number of piperidine rings is 1. The summed E-state index contributed by atoms with van der Waals surface area (Å²) >= 11 is 0. The van der Waals surface area contributed by atoms with Gasteiger partial charge in [0.1, 0.15) is 5.75 Å². The Bertz CT molecular complexity index is 1070. The molecule has 2 aromatic carbocycles. The van der Waals surface area contributed by atoms with E-state index in [1.807, 2.05) is 5.43 Å². The summed E-state index contributed by atoms with van der Waals surface area (Å²) in [5.74, 6) is 5.19. The Kier molecular flexibility index (Phi) is 7.09. The third-order valence-corrected chi connectivity index (χ3v) is 7.55. The first kappa shape index (κ1) is 22.9. The molecule has 1 saturated heterocycles. The SMILES string of the molecule is COc1ccc(C(=O)CC2CCCCN2S(=O)(=O)c2ccc(C)c(C(=O)NN)c2)cc1. The number of nitrogens with one attached hydrogen (secondary N) is 1. The molecule has 1 atom stereocenters. The summed E-state index contributed by atoms with van der Waals surface area (Å²) in [7, 11) is -2.34. The molecule has 0 bridgehead atoms. The number of nitrogens with two attached hydrogens (primary N) is 1. The number of sulfonamides is 1. The standard InChI is InChI=1S/C22H27N3O5S/c1-15-6-11-19(14-20(15)22(27)24-23)31(28,29)25-12-4-3-5-17(25)13-21(26)16-7-9-18(30-2)10-8-16/h6-11,14,17H,3-5,12-13,23H2,1-2H3,(H,24,27). The molecule has 0 aromatic heterocycles. The fraction of sp³-hybridized carbons (Fsp3) is 0.364. The van der Waals surface area contributed by atoms with Crippen molar-refractivity contribution in [1.82, 2.24) is 9.73 Å². The lowest BCUT2D eigenvalue weighted by Crippen LogP contribution is -2.44. The number of ketones is 1. The van der Waals surface area contributed by atoms with Gasteiger partial charge in [0.15, 0.2) is 5.78 Å². The van der Waals surface area contributed by atoms with Crippen LogP contribution in [0.25, 0.3) is 0 Å². The van der Waals surface area contributed by atoms with E-state index in [1.54, 1.807) is 44.4 Å². The zero-order chi connectivity index (χ0) is 22.6. The number of nitrogens with zero attached hydrogens (tertiary/aromatic N) is 1. The van der Waals surface area contributed by atoms with E-state index < -0.39 is 22.0 Å². The van der Waals surface area contributed by atoms with Gasteiger partial charge < -0.3 is 4.74 Å². The summed E-state index contributed by atoms with van der Waals surface area (Å²) in [4.78, 5) is 24.8. The minimum absolute atomic E-state index is 0.0143. The number of carbonyl (C=O) groups excluding carboxylic acids is 2. The number of hydrogen-bond acceptors (Lipinski definition) is 6. The number of hydrogen-bond donors (Lipinski definition) is 2. The lowest BCUT2D eigenvalue weighted by molar-refractivity contribution is 0.0936. The number of aryl methyl sites for hydroxylation is 1. The maximum Gasteiger partial charge on any atom is 0.265 e. The second-order valence-electron chi connectivity index (χ2n) is 7.57. The lowest BCUT2D eigenvalue weighted by Gasteiger charge is -2.34. The van der Waals surface area contributed by atoms with E-state index in [0.29, 0.717) is 36.3 Å². The molecule has 1 heterocycles. The van der Waals surface area contributed by atoms with Crippen molar-refractivity contribution in [2.45, 2.75) is 43.5 Å². The van der Waals surface area contributed by atoms with Crippen LogP contribution in [0.1, 0.15) is 52.0 Å². The van der Waals surface area contributed by atoms with Gasteiger partial charge in [-0.2, -0.15) is 4.31 Å². The molecule has 0 aliphatic carbocycles. The molecule has 9 heteroatoms. The second-order valence-corrected chi connectivity index (χ2v) is 9.46. The van der Waals surface area contributed by atoms with Gasteiger partial charge in [-0.1, -0.05) is 12.5 Å². The van der Waals surface area contributed by atoms with Gasteiger partial charge in [0.25, 0.3) is 5.91 Å². The van der Waals surface area contributed by atoms with Gasteiger partial charge in [0.05, 0.1) is 12.0 Å². The van der Waals surface area contributed by atoms with Crippen molar-refractivity contribution >= 4 is 21.7 Å². The summed E-state index contributed by atoms with van der Waals surface area (Å²) in [6.45, 7) is 2.04. The van der Waals surface area contributed by atoms with Gasteiger partial charge in [-0.05, 0) is 61.7 Å². The maximum atomic E-state index is 13.4. The molecule has 31 heavy (non-hydrogen) atoms. The number of hydrazine groups is 1. The Labute approximate surface area is 182 Å². The first-order valence-electron chi connectivity index (χ1n) is 10.1. The minimum atomic E-state index is -3.89. The molecule has 1 aliphatic heterocycles. The molecule has 1 unspecified atom stereocenters. The van der Waals surface area contributed by atoms with Gasteiger partial charge in [0.2, 0.25) is 10.0 Å². The summed E-state index contributed by atoms with van der Waals surface area (Å²) < 4.78 is 33.3. The van der Waals surface area contributed by atoms with E-state index in [1.165, 1.54) is 16.4 Å². The molecule has 166 valence electrons. The van der Waals surface area contributed by atoms with Crippen LogP contribution in [-0.2, 0) is 10.0 Å². The van der Waals surface area contributed by atoms with Crippen molar-refractivity contribution in [1.29, 1.82) is 0 Å². The van der Waals surface area contributed by atoms with E-state index in [9.17, 15) is 18.0 Å². The fourth-order valence-corrected chi connectivity index (χ4v) is 5.54. The van der Waals surface area contributed by atoms with Crippen LogP contribution in [0.5, 0.6) is 5.75 Å². The fourth-order valence-electron chi connectivity index (χ4n) is 3.82. The molecule has 1 amide bonds.